The number of aromatic nitrogens is 2. The number of anilines is 1. The molecule has 2 N–H and O–H groups in total. The third-order valence-electron chi connectivity index (χ3n) is 2.57. The van der Waals surface area contributed by atoms with E-state index in [9.17, 15) is 4.79 Å². The van der Waals surface area contributed by atoms with Crippen molar-refractivity contribution in [3.8, 4) is 0 Å². The summed E-state index contributed by atoms with van der Waals surface area (Å²) in [7, 11) is 0. The first-order valence-corrected chi connectivity index (χ1v) is 7.42. The summed E-state index contributed by atoms with van der Waals surface area (Å²) in [6.45, 7) is 3.56. The van der Waals surface area contributed by atoms with Gasteiger partial charge in [0.1, 0.15) is 0 Å². The standard InChI is InChI=1S/C10H15N3O3S2/c1-10(3-2-4-16-6-10)11-8-12-13-9(18-8)17-5-7(14)15/h2-6H2,1H3,(H,11,12)(H,14,15). The smallest absolute Gasteiger partial charge is 0.313 e. The van der Waals surface area contributed by atoms with Crippen molar-refractivity contribution >= 4 is 34.2 Å². The van der Waals surface area contributed by atoms with Gasteiger partial charge < -0.3 is 15.2 Å². The number of thioether (sulfide) groups is 1. The Labute approximate surface area is 113 Å². The van der Waals surface area contributed by atoms with Crippen LogP contribution < -0.4 is 5.32 Å². The summed E-state index contributed by atoms with van der Waals surface area (Å²) in [6.07, 6.45) is 2.06. The first-order valence-electron chi connectivity index (χ1n) is 5.61. The van der Waals surface area contributed by atoms with Crippen molar-refractivity contribution in [1.82, 2.24) is 10.2 Å². The highest BCUT2D eigenvalue weighted by molar-refractivity contribution is 8.01. The largest absolute Gasteiger partial charge is 0.481 e. The first kappa shape index (κ1) is 13.6. The summed E-state index contributed by atoms with van der Waals surface area (Å²) < 4.78 is 6.12. The summed E-state index contributed by atoms with van der Waals surface area (Å²) in [5, 5.41) is 20.6. The van der Waals surface area contributed by atoms with Crippen molar-refractivity contribution in [3.63, 3.8) is 0 Å². The average molecular weight is 289 g/mol. The zero-order valence-corrected chi connectivity index (χ0v) is 11.6. The number of ether oxygens (including phenoxy) is 1. The molecule has 0 aromatic carbocycles. The molecule has 18 heavy (non-hydrogen) atoms. The molecule has 0 spiro atoms. The van der Waals surface area contributed by atoms with E-state index in [1.807, 2.05) is 0 Å². The summed E-state index contributed by atoms with van der Waals surface area (Å²) in [6, 6.07) is 0. The Kier molecular flexibility index (Phi) is 4.41. The third kappa shape index (κ3) is 3.82. The third-order valence-corrected chi connectivity index (χ3v) is 4.53. The molecular formula is C10H15N3O3S2. The van der Waals surface area contributed by atoms with E-state index in [2.05, 4.69) is 22.4 Å². The number of carboxylic acid groups (broad SMARTS) is 1. The Morgan fingerprint density at radius 2 is 2.50 bits per heavy atom. The van der Waals surface area contributed by atoms with Crippen LogP contribution in [-0.2, 0) is 9.53 Å². The van der Waals surface area contributed by atoms with Gasteiger partial charge in [-0.15, -0.1) is 10.2 Å². The fourth-order valence-corrected chi connectivity index (χ4v) is 3.35. The quantitative estimate of drug-likeness (QED) is 0.798. The minimum Gasteiger partial charge on any atom is -0.481 e. The molecule has 0 amide bonds. The highest BCUT2D eigenvalue weighted by Gasteiger charge is 2.28. The van der Waals surface area contributed by atoms with Crippen LogP contribution >= 0.6 is 23.1 Å². The maximum absolute atomic E-state index is 10.5. The predicted molar refractivity (Wildman–Crippen MR) is 70.3 cm³/mol. The number of nitrogens with one attached hydrogen (secondary N) is 1. The zero-order chi connectivity index (χ0) is 13.0. The Bertz CT molecular complexity index is 418. The number of carbonyl (C=O) groups is 1. The number of rotatable bonds is 5. The van der Waals surface area contributed by atoms with Gasteiger partial charge in [0.25, 0.3) is 0 Å². The molecule has 8 heteroatoms. The lowest BCUT2D eigenvalue weighted by molar-refractivity contribution is -0.133. The van der Waals surface area contributed by atoms with Gasteiger partial charge >= 0.3 is 5.97 Å². The van der Waals surface area contributed by atoms with Gasteiger partial charge in [0.2, 0.25) is 5.13 Å². The maximum atomic E-state index is 10.5. The van der Waals surface area contributed by atoms with E-state index in [4.69, 9.17) is 9.84 Å². The summed E-state index contributed by atoms with van der Waals surface area (Å²) in [5.74, 6) is -0.841. The van der Waals surface area contributed by atoms with Crippen LogP contribution in [0, 0.1) is 0 Å². The van der Waals surface area contributed by atoms with Crippen LogP contribution in [0.2, 0.25) is 0 Å². The maximum Gasteiger partial charge on any atom is 0.313 e. The first-order chi connectivity index (χ1) is 8.57. The second-order valence-corrected chi connectivity index (χ2v) is 6.60. The molecule has 1 aliphatic heterocycles. The molecule has 2 rings (SSSR count). The molecule has 1 saturated heterocycles. The molecule has 1 aliphatic rings. The van der Waals surface area contributed by atoms with E-state index in [1.54, 1.807) is 0 Å². The topological polar surface area (TPSA) is 84.3 Å². The van der Waals surface area contributed by atoms with Crippen LogP contribution in [-0.4, -0.2) is 45.8 Å². The Balaban J connectivity index is 1.91. The highest BCUT2D eigenvalue weighted by atomic mass is 32.2. The molecule has 1 aromatic heterocycles. The molecule has 0 saturated carbocycles. The van der Waals surface area contributed by atoms with Crippen molar-refractivity contribution in [2.24, 2.45) is 0 Å². The van der Waals surface area contributed by atoms with Crippen LogP contribution in [0.3, 0.4) is 0 Å². The molecule has 1 aromatic rings. The average Bonchev–Trinajstić information content (AvgIpc) is 2.74. The second-order valence-electron chi connectivity index (χ2n) is 4.40. The van der Waals surface area contributed by atoms with E-state index >= 15 is 0 Å². The molecule has 1 atom stereocenters. The number of carboxylic acids is 1. The van der Waals surface area contributed by atoms with Gasteiger partial charge in [-0.2, -0.15) is 0 Å². The van der Waals surface area contributed by atoms with Crippen molar-refractivity contribution in [2.45, 2.75) is 29.6 Å². The van der Waals surface area contributed by atoms with Crippen LogP contribution in [0.5, 0.6) is 0 Å². The molecule has 0 aliphatic carbocycles. The number of aliphatic carboxylic acids is 1. The molecule has 1 unspecified atom stereocenters. The van der Waals surface area contributed by atoms with Crippen molar-refractivity contribution in [3.05, 3.63) is 0 Å². The molecular weight excluding hydrogens is 274 g/mol. The Morgan fingerprint density at radius 3 is 3.17 bits per heavy atom. The summed E-state index contributed by atoms with van der Waals surface area (Å²) in [5.41, 5.74) is -0.105. The fourth-order valence-electron chi connectivity index (χ4n) is 1.73. The number of hydrogen-bond donors (Lipinski definition) is 2. The van der Waals surface area contributed by atoms with Gasteiger partial charge in [-0.3, -0.25) is 4.79 Å². The second kappa shape index (κ2) is 5.85. The van der Waals surface area contributed by atoms with Gasteiger partial charge in [0.15, 0.2) is 4.34 Å². The Hall–Kier alpha value is -0.860. The fraction of sp³-hybridized carbons (Fsp3) is 0.700. The minimum absolute atomic E-state index is 0.00894. The van der Waals surface area contributed by atoms with Gasteiger partial charge in [-0.1, -0.05) is 23.1 Å². The normalized spacial score (nSPS) is 23.8. The van der Waals surface area contributed by atoms with Crippen LogP contribution in [0.1, 0.15) is 19.8 Å². The number of hydrogen-bond acceptors (Lipinski definition) is 7. The number of nitrogens with zero attached hydrogens (tertiary/aromatic N) is 2. The zero-order valence-electron chi connectivity index (χ0n) is 10.0. The molecule has 0 bridgehead atoms. The van der Waals surface area contributed by atoms with Gasteiger partial charge in [0.05, 0.1) is 17.9 Å². The molecule has 100 valence electrons. The SMILES string of the molecule is CC1(Nc2nnc(SCC(=O)O)s2)CCCOC1. The van der Waals surface area contributed by atoms with Gasteiger partial charge in [-0.25, -0.2) is 0 Å². The van der Waals surface area contributed by atoms with E-state index in [0.29, 0.717) is 10.9 Å². The van der Waals surface area contributed by atoms with Crippen LogP contribution in [0.25, 0.3) is 0 Å². The molecule has 2 heterocycles. The van der Waals surface area contributed by atoms with Crippen molar-refractivity contribution in [2.75, 3.05) is 24.3 Å². The van der Waals surface area contributed by atoms with Gasteiger partial charge in [-0.05, 0) is 19.8 Å². The summed E-state index contributed by atoms with van der Waals surface area (Å²) in [4.78, 5) is 10.5. The van der Waals surface area contributed by atoms with E-state index < -0.39 is 5.97 Å². The highest BCUT2D eigenvalue weighted by Crippen LogP contribution is 2.29. The predicted octanol–water partition coefficient (Wildman–Crippen LogP) is 1.70. The molecule has 1 fully saturated rings. The van der Waals surface area contributed by atoms with Gasteiger partial charge in [0, 0.05) is 6.61 Å². The molecule has 6 nitrogen and oxygen atoms in total. The van der Waals surface area contributed by atoms with Crippen molar-refractivity contribution in [1.29, 1.82) is 0 Å². The lowest BCUT2D eigenvalue weighted by Gasteiger charge is -2.33. The van der Waals surface area contributed by atoms with Crippen LogP contribution in [0.4, 0.5) is 5.13 Å². The Morgan fingerprint density at radius 1 is 1.67 bits per heavy atom. The van der Waals surface area contributed by atoms with Crippen LogP contribution in [0.15, 0.2) is 4.34 Å². The van der Waals surface area contributed by atoms with E-state index in [-0.39, 0.29) is 11.3 Å². The monoisotopic (exact) mass is 289 g/mol. The lowest BCUT2D eigenvalue weighted by Crippen LogP contribution is -2.42. The minimum atomic E-state index is -0.850. The lowest BCUT2D eigenvalue weighted by atomic mass is 9.95. The van der Waals surface area contributed by atoms with E-state index in [1.165, 1.54) is 23.1 Å². The van der Waals surface area contributed by atoms with E-state index in [0.717, 1.165) is 24.6 Å². The molecule has 0 radical (unpaired) electrons. The summed E-state index contributed by atoms with van der Waals surface area (Å²) >= 11 is 2.56. The van der Waals surface area contributed by atoms with Crippen molar-refractivity contribution < 1.29 is 14.6 Å².